The lowest BCUT2D eigenvalue weighted by molar-refractivity contribution is -0.134. The molecule has 2 aliphatic rings. The standard InChI is InChI=1S/C22H19ClN2O4/c1-12-5-13-9-25(10-14(13)8-24-12)21(26)11-28-20-7-19-17(6-18(20)23)15-3-2-4-16(15)22(27)29-19/h5-8H,2-4,9-11H2,1H3. The molecule has 6 nitrogen and oxygen atoms in total. The molecule has 29 heavy (non-hydrogen) atoms. The molecule has 5 rings (SSSR count). The summed E-state index contributed by atoms with van der Waals surface area (Å²) < 4.78 is 11.2. The van der Waals surface area contributed by atoms with Crippen LogP contribution in [0, 0.1) is 6.92 Å². The molecule has 0 atom stereocenters. The van der Waals surface area contributed by atoms with Gasteiger partial charge in [0, 0.05) is 42.0 Å². The van der Waals surface area contributed by atoms with Crippen molar-refractivity contribution >= 4 is 28.5 Å². The van der Waals surface area contributed by atoms with Crippen molar-refractivity contribution in [2.75, 3.05) is 6.61 Å². The normalized spacial score (nSPS) is 14.9. The number of halogens is 1. The molecule has 1 aromatic carbocycles. The molecule has 0 unspecified atom stereocenters. The minimum Gasteiger partial charge on any atom is -0.482 e. The highest BCUT2D eigenvalue weighted by molar-refractivity contribution is 6.32. The summed E-state index contributed by atoms with van der Waals surface area (Å²) in [6, 6.07) is 5.38. The Labute approximate surface area is 172 Å². The minimum absolute atomic E-state index is 0.134. The summed E-state index contributed by atoms with van der Waals surface area (Å²) in [4.78, 5) is 30.8. The van der Waals surface area contributed by atoms with Crippen LogP contribution in [0.25, 0.3) is 11.0 Å². The average Bonchev–Trinajstić information content (AvgIpc) is 3.34. The predicted molar refractivity (Wildman–Crippen MR) is 108 cm³/mol. The van der Waals surface area contributed by atoms with Crippen molar-refractivity contribution in [1.29, 1.82) is 0 Å². The van der Waals surface area contributed by atoms with Crippen LogP contribution in [0.1, 0.15) is 34.4 Å². The summed E-state index contributed by atoms with van der Waals surface area (Å²) in [6.45, 7) is 2.87. The molecule has 0 N–H and O–H groups in total. The molecule has 7 heteroatoms. The molecule has 0 spiro atoms. The molecule has 2 aromatic heterocycles. The number of carbonyl (C=O) groups excluding carboxylic acids is 1. The van der Waals surface area contributed by atoms with E-state index in [0.717, 1.165) is 52.6 Å². The topological polar surface area (TPSA) is 72.6 Å². The molecule has 1 amide bonds. The number of aromatic nitrogens is 1. The van der Waals surface area contributed by atoms with Gasteiger partial charge in [0.2, 0.25) is 0 Å². The molecule has 1 aliphatic heterocycles. The van der Waals surface area contributed by atoms with Crippen molar-refractivity contribution < 1.29 is 13.9 Å². The minimum atomic E-state index is -0.298. The van der Waals surface area contributed by atoms with Gasteiger partial charge in [-0.2, -0.15) is 0 Å². The second-order valence-corrected chi connectivity index (χ2v) is 8.02. The van der Waals surface area contributed by atoms with Crippen LogP contribution in [0.5, 0.6) is 5.75 Å². The molecule has 148 valence electrons. The fraction of sp³-hybridized carbons (Fsp3) is 0.318. The molecule has 0 bridgehead atoms. The van der Waals surface area contributed by atoms with E-state index in [2.05, 4.69) is 4.98 Å². The van der Waals surface area contributed by atoms with E-state index in [-0.39, 0.29) is 18.1 Å². The number of pyridine rings is 1. The summed E-state index contributed by atoms with van der Waals surface area (Å²) in [5.41, 5.74) is 5.01. The number of amides is 1. The van der Waals surface area contributed by atoms with Crippen LogP contribution in [0.3, 0.4) is 0 Å². The van der Waals surface area contributed by atoms with Crippen LogP contribution < -0.4 is 10.4 Å². The first-order valence-electron chi connectivity index (χ1n) is 9.62. The summed E-state index contributed by atoms with van der Waals surface area (Å²) in [7, 11) is 0. The Morgan fingerprint density at radius 1 is 1.21 bits per heavy atom. The SMILES string of the molecule is Cc1cc2c(cn1)CN(C(=O)COc1cc3oc(=O)c4c(c3cc1Cl)CCC4)C2. The zero-order valence-corrected chi connectivity index (χ0v) is 16.7. The lowest BCUT2D eigenvalue weighted by Gasteiger charge is -2.16. The van der Waals surface area contributed by atoms with Gasteiger partial charge in [0.05, 0.1) is 5.02 Å². The fourth-order valence-electron chi connectivity index (χ4n) is 4.20. The predicted octanol–water partition coefficient (Wildman–Crippen LogP) is 3.56. The van der Waals surface area contributed by atoms with E-state index in [1.165, 1.54) is 0 Å². The quantitative estimate of drug-likeness (QED) is 0.617. The van der Waals surface area contributed by atoms with Gasteiger partial charge >= 0.3 is 5.63 Å². The van der Waals surface area contributed by atoms with Crippen LogP contribution in [0.4, 0.5) is 0 Å². The highest BCUT2D eigenvalue weighted by Gasteiger charge is 2.25. The van der Waals surface area contributed by atoms with Gasteiger partial charge in [-0.15, -0.1) is 0 Å². The Balaban J connectivity index is 1.35. The number of rotatable bonds is 3. The van der Waals surface area contributed by atoms with Gasteiger partial charge in [-0.05, 0) is 55.0 Å². The first kappa shape index (κ1) is 18.2. The maximum absolute atomic E-state index is 12.6. The summed E-state index contributed by atoms with van der Waals surface area (Å²) >= 11 is 6.40. The van der Waals surface area contributed by atoms with Crippen molar-refractivity contribution in [3.63, 3.8) is 0 Å². The van der Waals surface area contributed by atoms with Gasteiger partial charge in [0.1, 0.15) is 11.3 Å². The number of fused-ring (bicyclic) bond motifs is 4. The van der Waals surface area contributed by atoms with E-state index in [4.69, 9.17) is 20.8 Å². The number of carbonyl (C=O) groups is 1. The molecule has 3 aromatic rings. The Hall–Kier alpha value is -2.86. The third-order valence-electron chi connectivity index (χ3n) is 5.67. The van der Waals surface area contributed by atoms with Gasteiger partial charge in [0.25, 0.3) is 5.91 Å². The molecule has 0 fully saturated rings. The van der Waals surface area contributed by atoms with Crippen LogP contribution in [-0.2, 0) is 30.7 Å². The number of benzene rings is 1. The Morgan fingerprint density at radius 3 is 2.86 bits per heavy atom. The maximum atomic E-state index is 12.6. The smallest absolute Gasteiger partial charge is 0.339 e. The second-order valence-electron chi connectivity index (χ2n) is 7.61. The Morgan fingerprint density at radius 2 is 2.00 bits per heavy atom. The Kier molecular flexibility index (Phi) is 4.32. The van der Waals surface area contributed by atoms with Crippen LogP contribution in [0.15, 0.2) is 33.6 Å². The summed E-state index contributed by atoms with van der Waals surface area (Å²) in [5, 5.41) is 1.25. The van der Waals surface area contributed by atoms with Crippen molar-refractivity contribution in [2.45, 2.75) is 39.3 Å². The van der Waals surface area contributed by atoms with Gasteiger partial charge in [-0.25, -0.2) is 4.79 Å². The van der Waals surface area contributed by atoms with Crippen LogP contribution in [-0.4, -0.2) is 22.4 Å². The van der Waals surface area contributed by atoms with Crippen molar-refractivity contribution in [2.24, 2.45) is 0 Å². The van der Waals surface area contributed by atoms with Crippen molar-refractivity contribution in [3.05, 3.63) is 67.8 Å². The van der Waals surface area contributed by atoms with E-state index in [1.807, 2.05) is 19.2 Å². The van der Waals surface area contributed by atoms with Crippen molar-refractivity contribution in [1.82, 2.24) is 9.88 Å². The van der Waals surface area contributed by atoms with Crippen molar-refractivity contribution in [3.8, 4) is 5.75 Å². The monoisotopic (exact) mass is 410 g/mol. The van der Waals surface area contributed by atoms with Gasteiger partial charge in [-0.3, -0.25) is 9.78 Å². The molecule has 1 aliphatic carbocycles. The fourth-order valence-corrected chi connectivity index (χ4v) is 4.42. The Bertz CT molecular complexity index is 1220. The second kappa shape index (κ2) is 6.88. The molecular formula is C22H19ClN2O4. The van der Waals surface area contributed by atoms with Crippen LogP contribution >= 0.6 is 11.6 Å². The van der Waals surface area contributed by atoms with Crippen LogP contribution in [0.2, 0.25) is 5.02 Å². The number of nitrogens with zero attached hydrogens (tertiary/aromatic N) is 2. The van der Waals surface area contributed by atoms with E-state index < -0.39 is 0 Å². The highest BCUT2D eigenvalue weighted by Crippen LogP contribution is 2.34. The average molecular weight is 411 g/mol. The zero-order chi connectivity index (χ0) is 20.1. The molecule has 0 saturated carbocycles. The first-order chi connectivity index (χ1) is 14.0. The lowest BCUT2D eigenvalue weighted by atomic mass is 10.1. The van der Waals surface area contributed by atoms with Gasteiger partial charge < -0.3 is 14.1 Å². The van der Waals surface area contributed by atoms with Gasteiger partial charge in [0.15, 0.2) is 6.61 Å². The number of aryl methyl sites for hydroxylation is 2. The third kappa shape index (κ3) is 3.17. The highest BCUT2D eigenvalue weighted by atomic mass is 35.5. The third-order valence-corrected chi connectivity index (χ3v) is 5.97. The van der Waals surface area contributed by atoms with E-state index in [9.17, 15) is 9.59 Å². The van der Waals surface area contributed by atoms with E-state index in [0.29, 0.717) is 29.4 Å². The number of hydrogen-bond donors (Lipinski definition) is 0. The number of ether oxygens (including phenoxy) is 1. The largest absolute Gasteiger partial charge is 0.482 e. The summed E-state index contributed by atoms with van der Waals surface area (Å²) in [6.07, 6.45) is 4.35. The molecule has 0 saturated heterocycles. The lowest BCUT2D eigenvalue weighted by Crippen LogP contribution is -2.30. The molecule has 3 heterocycles. The zero-order valence-electron chi connectivity index (χ0n) is 16.0. The number of hydrogen-bond acceptors (Lipinski definition) is 5. The summed E-state index contributed by atoms with van der Waals surface area (Å²) in [5.74, 6) is 0.202. The molecule has 0 radical (unpaired) electrons. The first-order valence-corrected chi connectivity index (χ1v) is 10.0. The molecular weight excluding hydrogens is 392 g/mol. The van der Waals surface area contributed by atoms with Gasteiger partial charge in [-0.1, -0.05) is 11.6 Å². The van der Waals surface area contributed by atoms with E-state index in [1.54, 1.807) is 17.0 Å². The van der Waals surface area contributed by atoms with E-state index >= 15 is 0 Å². The maximum Gasteiger partial charge on any atom is 0.339 e.